The number of rotatable bonds is 2. The third-order valence-electron chi connectivity index (χ3n) is 2.11. The van der Waals surface area contributed by atoms with Crippen LogP contribution in [-0.2, 0) is 0 Å². The molecule has 0 unspecified atom stereocenters. The third kappa shape index (κ3) is 1.92. The average molecular weight is 247 g/mol. The number of nitrogens with zero attached hydrogens (tertiary/aromatic N) is 4. The fourth-order valence-corrected chi connectivity index (χ4v) is 2.09. The monoisotopic (exact) mass is 247 g/mol. The summed E-state index contributed by atoms with van der Waals surface area (Å²) in [5.74, 6) is 0.253. The molecule has 0 fully saturated rings. The SMILES string of the molecule is Fc1ccc(-c2csc(-c3ncn[nH]3)n2)nc1. The standard InChI is InChI=1S/C10H6FN5S/c11-6-1-2-7(12-3-6)8-4-17-10(15-8)9-13-5-14-16-9/h1-5H,(H,13,14,16). The first-order valence-corrected chi connectivity index (χ1v) is 5.64. The first kappa shape index (κ1) is 10.0. The molecule has 0 radical (unpaired) electrons. The Bertz CT molecular complexity index is 616. The van der Waals surface area contributed by atoms with E-state index in [-0.39, 0.29) is 5.82 Å². The maximum Gasteiger partial charge on any atom is 0.184 e. The van der Waals surface area contributed by atoms with Crippen molar-refractivity contribution in [3.63, 3.8) is 0 Å². The van der Waals surface area contributed by atoms with E-state index >= 15 is 0 Å². The van der Waals surface area contributed by atoms with Gasteiger partial charge in [0.25, 0.3) is 0 Å². The van der Waals surface area contributed by atoms with Crippen LogP contribution in [0, 0.1) is 5.82 Å². The Balaban J connectivity index is 1.98. The van der Waals surface area contributed by atoms with Crippen LogP contribution in [0.1, 0.15) is 0 Å². The highest BCUT2D eigenvalue weighted by molar-refractivity contribution is 7.13. The van der Waals surface area contributed by atoms with Gasteiger partial charge in [0.05, 0.1) is 11.9 Å². The molecular weight excluding hydrogens is 241 g/mol. The first-order chi connectivity index (χ1) is 8.33. The Morgan fingerprint density at radius 2 is 2.12 bits per heavy atom. The molecule has 0 spiro atoms. The molecule has 0 aliphatic rings. The summed E-state index contributed by atoms with van der Waals surface area (Å²) in [7, 11) is 0. The van der Waals surface area contributed by atoms with Gasteiger partial charge in [-0.1, -0.05) is 0 Å². The fraction of sp³-hybridized carbons (Fsp3) is 0. The average Bonchev–Trinajstić information content (AvgIpc) is 3.00. The largest absolute Gasteiger partial charge is 0.257 e. The van der Waals surface area contributed by atoms with E-state index < -0.39 is 0 Å². The molecule has 5 nitrogen and oxygen atoms in total. The number of aromatic nitrogens is 5. The maximum absolute atomic E-state index is 12.7. The Morgan fingerprint density at radius 3 is 2.82 bits per heavy atom. The normalized spacial score (nSPS) is 10.6. The zero-order valence-corrected chi connectivity index (χ0v) is 9.28. The Hall–Kier alpha value is -2.15. The molecule has 0 atom stereocenters. The van der Waals surface area contributed by atoms with E-state index in [1.807, 2.05) is 5.38 Å². The van der Waals surface area contributed by atoms with E-state index in [0.29, 0.717) is 17.2 Å². The van der Waals surface area contributed by atoms with Gasteiger partial charge in [-0.15, -0.1) is 11.3 Å². The molecule has 17 heavy (non-hydrogen) atoms. The van der Waals surface area contributed by atoms with Crippen molar-refractivity contribution in [3.8, 4) is 22.2 Å². The van der Waals surface area contributed by atoms with Crippen LogP contribution in [0.2, 0.25) is 0 Å². The number of thiazole rings is 1. The van der Waals surface area contributed by atoms with Gasteiger partial charge < -0.3 is 0 Å². The minimum Gasteiger partial charge on any atom is -0.257 e. The van der Waals surface area contributed by atoms with E-state index in [1.54, 1.807) is 6.07 Å². The maximum atomic E-state index is 12.7. The van der Waals surface area contributed by atoms with Crippen LogP contribution in [0.3, 0.4) is 0 Å². The van der Waals surface area contributed by atoms with Crippen LogP contribution >= 0.6 is 11.3 Å². The Kier molecular flexibility index (Phi) is 2.37. The van der Waals surface area contributed by atoms with Crippen LogP contribution in [0.15, 0.2) is 30.0 Å². The van der Waals surface area contributed by atoms with Crippen molar-refractivity contribution in [3.05, 3.63) is 35.9 Å². The summed E-state index contributed by atoms with van der Waals surface area (Å²) in [5, 5.41) is 9.06. The van der Waals surface area contributed by atoms with Crippen LogP contribution in [0.25, 0.3) is 22.2 Å². The highest BCUT2D eigenvalue weighted by atomic mass is 32.1. The van der Waals surface area contributed by atoms with Crippen molar-refractivity contribution in [2.75, 3.05) is 0 Å². The number of aromatic amines is 1. The fourth-order valence-electron chi connectivity index (χ4n) is 1.34. The second kappa shape index (κ2) is 4.02. The zero-order chi connectivity index (χ0) is 11.7. The molecule has 0 bridgehead atoms. The molecule has 0 aliphatic carbocycles. The molecule has 0 aromatic carbocycles. The van der Waals surface area contributed by atoms with Gasteiger partial charge in [0.1, 0.15) is 17.8 Å². The molecule has 3 rings (SSSR count). The molecule has 0 saturated heterocycles. The molecule has 0 aliphatic heterocycles. The lowest BCUT2D eigenvalue weighted by atomic mass is 10.3. The van der Waals surface area contributed by atoms with E-state index in [1.165, 1.54) is 29.9 Å². The van der Waals surface area contributed by atoms with Crippen molar-refractivity contribution >= 4 is 11.3 Å². The lowest BCUT2D eigenvalue weighted by molar-refractivity contribution is 0.622. The quantitative estimate of drug-likeness (QED) is 0.753. The Morgan fingerprint density at radius 1 is 1.18 bits per heavy atom. The lowest BCUT2D eigenvalue weighted by Crippen LogP contribution is -1.85. The molecule has 3 aromatic heterocycles. The second-order valence-electron chi connectivity index (χ2n) is 3.23. The summed E-state index contributed by atoms with van der Waals surface area (Å²) in [6.07, 6.45) is 2.59. The topological polar surface area (TPSA) is 67.3 Å². The van der Waals surface area contributed by atoms with Gasteiger partial charge in [-0.2, -0.15) is 5.10 Å². The molecule has 0 saturated carbocycles. The molecular formula is C10H6FN5S. The number of H-pyrrole nitrogens is 1. The van der Waals surface area contributed by atoms with E-state index in [9.17, 15) is 4.39 Å². The van der Waals surface area contributed by atoms with Crippen molar-refractivity contribution in [2.24, 2.45) is 0 Å². The number of nitrogens with one attached hydrogen (secondary N) is 1. The van der Waals surface area contributed by atoms with Gasteiger partial charge in [0.15, 0.2) is 10.8 Å². The van der Waals surface area contributed by atoms with Crippen LogP contribution in [0.5, 0.6) is 0 Å². The summed E-state index contributed by atoms with van der Waals surface area (Å²) in [6, 6.07) is 2.95. The van der Waals surface area contributed by atoms with Crippen molar-refractivity contribution in [1.82, 2.24) is 25.1 Å². The van der Waals surface area contributed by atoms with E-state index in [0.717, 1.165) is 5.01 Å². The summed E-state index contributed by atoms with van der Waals surface area (Å²) in [4.78, 5) is 12.3. The van der Waals surface area contributed by atoms with Crippen molar-refractivity contribution < 1.29 is 4.39 Å². The smallest absolute Gasteiger partial charge is 0.184 e. The van der Waals surface area contributed by atoms with Crippen molar-refractivity contribution in [1.29, 1.82) is 0 Å². The van der Waals surface area contributed by atoms with Gasteiger partial charge in [0, 0.05) is 5.38 Å². The molecule has 0 amide bonds. The van der Waals surface area contributed by atoms with Gasteiger partial charge >= 0.3 is 0 Å². The van der Waals surface area contributed by atoms with Gasteiger partial charge in [-0.05, 0) is 12.1 Å². The van der Waals surface area contributed by atoms with Gasteiger partial charge in [-0.25, -0.2) is 14.4 Å². The minimum atomic E-state index is -0.362. The highest BCUT2D eigenvalue weighted by Gasteiger charge is 2.09. The van der Waals surface area contributed by atoms with Gasteiger partial charge in [0.2, 0.25) is 0 Å². The summed E-state index contributed by atoms with van der Waals surface area (Å²) < 4.78 is 12.7. The van der Waals surface area contributed by atoms with Crippen LogP contribution in [-0.4, -0.2) is 25.1 Å². The summed E-state index contributed by atoms with van der Waals surface area (Å²) in [5.41, 5.74) is 1.33. The molecule has 3 aromatic rings. The molecule has 84 valence electrons. The Labute approximate surface area is 99.4 Å². The number of pyridine rings is 1. The van der Waals surface area contributed by atoms with Crippen LogP contribution in [0.4, 0.5) is 4.39 Å². The molecule has 7 heteroatoms. The minimum absolute atomic E-state index is 0.362. The van der Waals surface area contributed by atoms with Gasteiger partial charge in [-0.3, -0.25) is 10.1 Å². The second-order valence-corrected chi connectivity index (χ2v) is 4.09. The number of halogens is 1. The number of hydrogen-bond donors (Lipinski definition) is 1. The lowest BCUT2D eigenvalue weighted by Gasteiger charge is -1.94. The van der Waals surface area contributed by atoms with Crippen LogP contribution < -0.4 is 0 Å². The highest BCUT2D eigenvalue weighted by Crippen LogP contribution is 2.25. The van der Waals surface area contributed by atoms with E-state index in [2.05, 4.69) is 25.1 Å². The predicted molar refractivity (Wildman–Crippen MR) is 60.7 cm³/mol. The third-order valence-corrected chi connectivity index (χ3v) is 2.96. The first-order valence-electron chi connectivity index (χ1n) is 4.76. The molecule has 3 heterocycles. The van der Waals surface area contributed by atoms with Crippen molar-refractivity contribution in [2.45, 2.75) is 0 Å². The predicted octanol–water partition coefficient (Wildman–Crippen LogP) is 2.13. The summed E-state index contributed by atoms with van der Waals surface area (Å²) >= 11 is 1.43. The van der Waals surface area contributed by atoms with E-state index in [4.69, 9.17) is 0 Å². The molecule has 1 N–H and O–H groups in total. The summed E-state index contributed by atoms with van der Waals surface area (Å²) in [6.45, 7) is 0. The zero-order valence-electron chi connectivity index (χ0n) is 8.46. The number of hydrogen-bond acceptors (Lipinski definition) is 5.